The van der Waals surface area contributed by atoms with E-state index in [0.29, 0.717) is 10.8 Å². The molecule has 0 spiro atoms. The lowest BCUT2D eigenvalue weighted by molar-refractivity contribution is 0.133. The minimum absolute atomic E-state index is 0.455. The zero-order valence-electron chi connectivity index (χ0n) is 12.7. The molecule has 0 aromatic carbocycles. The van der Waals surface area contributed by atoms with Gasteiger partial charge in [-0.15, -0.1) is 0 Å². The van der Waals surface area contributed by atoms with E-state index in [1.165, 1.54) is 77.0 Å². The summed E-state index contributed by atoms with van der Waals surface area (Å²) in [5, 5.41) is 0. The lowest BCUT2D eigenvalue weighted by Crippen LogP contribution is -2.33. The minimum atomic E-state index is 0.455. The third-order valence-corrected chi connectivity index (χ3v) is 6.03. The summed E-state index contributed by atoms with van der Waals surface area (Å²) in [6, 6.07) is 0. The molecule has 0 bridgehead atoms. The fourth-order valence-electron chi connectivity index (χ4n) is 5.11. The van der Waals surface area contributed by atoms with E-state index in [-0.39, 0.29) is 0 Å². The van der Waals surface area contributed by atoms with Crippen LogP contribution in [0.2, 0.25) is 0 Å². The van der Waals surface area contributed by atoms with Crippen LogP contribution in [-0.4, -0.2) is 0 Å². The molecule has 3 aliphatic carbocycles. The largest absolute Gasteiger partial charge is 0.0870 e. The van der Waals surface area contributed by atoms with Gasteiger partial charge in [0.25, 0.3) is 0 Å². The highest BCUT2D eigenvalue weighted by Gasteiger charge is 2.52. The van der Waals surface area contributed by atoms with E-state index in [1.807, 2.05) is 0 Å². The first kappa shape index (κ1) is 13.5. The van der Waals surface area contributed by atoms with Gasteiger partial charge in [0.15, 0.2) is 0 Å². The molecule has 3 aliphatic rings. The smallest absolute Gasteiger partial charge is 0.0126 e. The van der Waals surface area contributed by atoms with Gasteiger partial charge in [0, 0.05) is 5.41 Å². The van der Waals surface area contributed by atoms with Crippen LogP contribution in [0.15, 0.2) is 23.8 Å². The maximum absolute atomic E-state index is 2.66. The second-order valence-electron chi connectivity index (χ2n) is 7.42. The van der Waals surface area contributed by atoms with Gasteiger partial charge in [0.2, 0.25) is 0 Å². The SMILES string of the molecule is CC1=C[C@@]23C=CC[C@]2(CCCCCCCCCC3)C1. The van der Waals surface area contributed by atoms with Gasteiger partial charge >= 0.3 is 0 Å². The number of hydrogen-bond donors (Lipinski definition) is 0. The van der Waals surface area contributed by atoms with Gasteiger partial charge in [-0.1, -0.05) is 75.2 Å². The summed E-state index contributed by atoms with van der Waals surface area (Å²) in [5.74, 6) is 0. The fraction of sp³-hybridized carbons (Fsp3) is 0.789. The summed E-state index contributed by atoms with van der Waals surface area (Å²) >= 11 is 0. The Balaban J connectivity index is 1.79. The van der Waals surface area contributed by atoms with Gasteiger partial charge in [-0.05, 0) is 38.0 Å². The van der Waals surface area contributed by atoms with Crippen molar-refractivity contribution in [1.82, 2.24) is 0 Å². The maximum Gasteiger partial charge on any atom is 0.0126 e. The Kier molecular flexibility index (Phi) is 3.87. The van der Waals surface area contributed by atoms with Crippen molar-refractivity contribution < 1.29 is 0 Å². The molecular weight excluding hydrogens is 228 g/mol. The third-order valence-electron chi connectivity index (χ3n) is 6.03. The standard InChI is InChI=1S/C19H30/c1-17-15-18-11-8-6-4-2-3-5-7-9-12-19(18,16-17)14-10-13-18/h10,13,15H,2-9,11-12,14,16H2,1H3/t18-,19-/m1/s1. The van der Waals surface area contributed by atoms with E-state index in [0.717, 1.165) is 0 Å². The van der Waals surface area contributed by atoms with Gasteiger partial charge in [-0.3, -0.25) is 0 Å². The molecule has 0 aromatic heterocycles. The Labute approximate surface area is 119 Å². The van der Waals surface area contributed by atoms with Gasteiger partial charge in [0.05, 0.1) is 0 Å². The molecule has 0 N–H and O–H groups in total. The molecular formula is C19H30. The van der Waals surface area contributed by atoms with Crippen molar-refractivity contribution in [3.05, 3.63) is 23.8 Å². The molecule has 1 fully saturated rings. The third kappa shape index (κ3) is 2.43. The second kappa shape index (κ2) is 5.46. The Morgan fingerprint density at radius 2 is 1.47 bits per heavy atom. The first-order chi connectivity index (χ1) is 9.27. The molecule has 106 valence electrons. The van der Waals surface area contributed by atoms with Crippen molar-refractivity contribution in [2.24, 2.45) is 10.8 Å². The van der Waals surface area contributed by atoms with E-state index in [4.69, 9.17) is 0 Å². The van der Waals surface area contributed by atoms with Crippen LogP contribution < -0.4 is 0 Å². The monoisotopic (exact) mass is 258 g/mol. The molecule has 0 saturated heterocycles. The van der Waals surface area contributed by atoms with Gasteiger partial charge in [-0.25, -0.2) is 0 Å². The van der Waals surface area contributed by atoms with E-state index >= 15 is 0 Å². The van der Waals surface area contributed by atoms with Gasteiger partial charge < -0.3 is 0 Å². The molecule has 0 amide bonds. The second-order valence-corrected chi connectivity index (χ2v) is 7.42. The minimum Gasteiger partial charge on any atom is -0.0870 e. The predicted octanol–water partition coefficient (Wildman–Crippen LogP) is 6.18. The molecule has 0 nitrogen and oxygen atoms in total. The normalized spacial score (nSPS) is 39.9. The van der Waals surface area contributed by atoms with E-state index in [1.54, 1.807) is 5.57 Å². The average molecular weight is 258 g/mol. The highest BCUT2D eigenvalue weighted by Crippen LogP contribution is 2.63. The van der Waals surface area contributed by atoms with Crippen molar-refractivity contribution in [3.63, 3.8) is 0 Å². The molecule has 2 atom stereocenters. The van der Waals surface area contributed by atoms with Crippen molar-refractivity contribution in [3.8, 4) is 0 Å². The van der Waals surface area contributed by atoms with Crippen LogP contribution in [0.3, 0.4) is 0 Å². The summed E-state index contributed by atoms with van der Waals surface area (Å²) in [4.78, 5) is 0. The summed E-state index contributed by atoms with van der Waals surface area (Å²) in [6.45, 7) is 2.37. The number of allylic oxidation sites excluding steroid dienone is 4. The van der Waals surface area contributed by atoms with E-state index in [9.17, 15) is 0 Å². The van der Waals surface area contributed by atoms with Crippen molar-refractivity contribution in [2.75, 3.05) is 0 Å². The van der Waals surface area contributed by atoms with Crippen LogP contribution in [-0.2, 0) is 0 Å². The predicted molar refractivity (Wildman–Crippen MR) is 83.2 cm³/mol. The molecule has 0 unspecified atom stereocenters. The highest BCUT2D eigenvalue weighted by molar-refractivity contribution is 5.34. The van der Waals surface area contributed by atoms with Crippen LogP contribution in [0.25, 0.3) is 0 Å². The molecule has 19 heavy (non-hydrogen) atoms. The molecule has 0 heteroatoms. The van der Waals surface area contributed by atoms with Gasteiger partial charge in [0.1, 0.15) is 0 Å². The number of hydrogen-bond acceptors (Lipinski definition) is 0. The van der Waals surface area contributed by atoms with Gasteiger partial charge in [-0.2, -0.15) is 0 Å². The van der Waals surface area contributed by atoms with Crippen LogP contribution in [0, 0.1) is 10.8 Å². The molecule has 0 aliphatic heterocycles. The first-order valence-corrected chi connectivity index (χ1v) is 8.63. The Morgan fingerprint density at radius 3 is 2.21 bits per heavy atom. The highest BCUT2D eigenvalue weighted by atomic mass is 14.6. The quantitative estimate of drug-likeness (QED) is 0.455. The Bertz CT molecular complexity index is 375. The summed E-state index contributed by atoms with van der Waals surface area (Å²) in [5.41, 5.74) is 2.71. The Hall–Kier alpha value is -0.520. The summed E-state index contributed by atoms with van der Waals surface area (Å²) in [6.07, 6.45) is 25.1. The zero-order chi connectivity index (χ0) is 13.2. The zero-order valence-corrected chi connectivity index (χ0v) is 12.7. The van der Waals surface area contributed by atoms with Crippen LogP contribution in [0.5, 0.6) is 0 Å². The van der Waals surface area contributed by atoms with E-state index in [2.05, 4.69) is 25.2 Å². The summed E-state index contributed by atoms with van der Waals surface area (Å²) < 4.78 is 0. The maximum atomic E-state index is 2.66. The average Bonchev–Trinajstić information content (AvgIpc) is 2.80. The van der Waals surface area contributed by atoms with Crippen LogP contribution in [0.4, 0.5) is 0 Å². The van der Waals surface area contributed by atoms with Crippen LogP contribution >= 0.6 is 0 Å². The summed E-state index contributed by atoms with van der Waals surface area (Å²) in [7, 11) is 0. The van der Waals surface area contributed by atoms with Crippen LogP contribution in [0.1, 0.15) is 84.0 Å². The lowest BCUT2D eigenvalue weighted by atomic mass is 9.62. The molecule has 0 heterocycles. The van der Waals surface area contributed by atoms with E-state index < -0.39 is 0 Å². The van der Waals surface area contributed by atoms with Crippen molar-refractivity contribution >= 4 is 0 Å². The topological polar surface area (TPSA) is 0 Å². The lowest BCUT2D eigenvalue weighted by Gasteiger charge is -2.41. The van der Waals surface area contributed by atoms with Crippen molar-refractivity contribution in [1.29, 1.82) is 0 Å². The fourth-order valence-corrected chi connectivity index (χ4v) is 5.11. The molecule has 3 rings (SSSR count). The molecule has 1 saturated carbocycles. The molecule has 0 radical (unpaired) electrons. The Morgan fingerprint density at radius 1 is 0.842 bits per heavy atom. The van der Waals surface area contributed by atoms with Crippen molar-refractivity contribution in [2.45, 2.75) is 84.0 Å². The molecule has 0 aromatic rings. The number of rotatable bonds is 0. The first-order valence-electron chi connectivity index (χ1n) is 8.63.